The molecule has 7 nitrogen and oxygen atoms in total. The van der Waals surface area contributed by atoms with Crippen LogP contribution in [0, 0.1) is 0 Å². The van der Waals surface area contributed by atoms with Crippen molar-refractivity contribution in [2.24, 2.45) is 0 Å². The van der Waals surface area contributed by atoms with Crippen molar-refractivity contribution in [1.82, 2.24) is 25.1 Å². The summed E-state index contributed by atoms with van der Waals surface area (Å²) in [6.45, 7) is 0.570. The first kappa shape index (κ1) is 19.9. The van der Waals surface area contributed by atoms with Gasteiger partial charge < -0.3 is 10.1 Å². The minimum Gasteiger partial charge on any atom is -0.405 e. The van der Waals surface area contributed by atoms with Crippen LogP contribution in [0.3, 0.4) is 0 Å². The molecular formula is C20H18F3N5O2. The molecule has 1 N–H and O–H groups in total. The van der Waals surface area contributed by atoms with E-state index >= 15 is 0 Å². The average Bonchev–Trinajstić information content (AvgIpc) is 3.47. The Morgan fingerprint density at radius 3 is 2.70 bits per heavy atom. The maximum absolute atomic E-state index is 12.6. The van der Waals surface area contributed by atoms with Crippen molar-refractivity contribution in [2.75, 3.05) is 6.54 Å². The maximum Gasteiger partial charge on any atom is 0.573 e. The van der Waals surface area contributed by atoms with Gasteiger partial charge in [0.2, 0.25) is 0 Å². The lowest BCUT2D eigenvalue weighted by Crippen LogP contribution is -2.29. The lowest BCUT2D eigenvalue weighted by molar-refractivity contribution is -0.274. The van der Waals surface area contributed by atoms with E-state index in [4.69, 9.17) is 0 Å². The summed E-state index contributed by atoms with van der Waals surface area (Å²) in [7, 11) is 0. The van der Waals surface area contributed by atoms with Gasteiger partial charge in [0, 0.05) is 30.6 Å². The van der Waals surface area contributed by atoms with Crippen molar-refractivity contribution in [3.8, 4) is 17.1 Å². The highest BCUT2D eigenvalue weighted by Crippen LogP contribution is 2.41. The predicted octanol–water partition coefficient (Wildman–Crippen LogP) is 3.55. The molecule has 1 aliphatic rings. The molecule has 1 aliphatic carbocycles. The van der Waals surface area contributed by atoms with Crippen LogP contribution < -0.4 is 10.1 Å². The molecule has 2 aromatic heterocycles. The molecular weight excluding hydrogens is 399 g/mol. The van der Waals surface area contributed by atoms with E-state index in [9.17, 15) is 18.0 Å². The molecule has 2 heterocycles. The Morgan fingerprint density at radius 1 is 1.20 bits per heavy atom. The number of alkyl halides is 3. The Labute approximate surface area is 169 Å². The van der Waals surface area contributed by atoms with Crippen molar-refractivity contribution in [1.29, 1.82) is 0 Å². The number of hydrogen-bond acceptors (Lipinski definition) is 5. The van der Waals surface area contributed by atoms with Crippen LogP contribution in [-0.4, -0.2) is 38.6 Å². The summed E-state index contributed by atoms with van der Waals surface area (Å²) in [6, 6.07) is 7.21. The molecule has 30 heavy (non-hydrogen) atoms. The van der Waals surface area contributed by atoms with Gasteiger partial charge >= 0.3 is 6.36 Å². The third-order valence-electron chi connectivity index (χ3n) is 4.60. The van der Waals surface area contributed by atoms with E-state index in [0.717, 1.165) is 24.6 Å². The van der Waals surface area contributed by atoms with Gasteiger partial charge in [-0.1, -0.05) is 12.1 Å². The fourth-order valence-electron chi connectivity index (χ4n) is 3.11. The highest BCUT2D eigenvalue weighted by molar-refractivity contribution is 5.96. The quantitative estimate of drug-likeness (QED) is 0.636. The Kier molecular flexibility index (Phi) is 5.39. The zero-order chi connectivity index (χ0) is 21.1. The summed E-state index contributed by atoms with van der Waals surface area (Å²) in [5.74, 6) is -0.770. The molecule has 0 unspecified atom stereocenters. The van der Waals surface area contributed by atoms with E-state index in [1.54, 1.807) is 23.3 Å². The van der Waals surface area contributed by atoms with Gasteiger partial charge in [-0.15, -0.1) is 13.2 Å². The molecule has 0 bridgehead atoms. The summed E-state index contributed by atoms with van der Waals surface area (Å²) in [4.78, 5) is 20.7. The molecule has 1 fully saturated rings. The number of aromatic nitrogens is 4. The number of hydrogen-bond donors (Lipinski definition) is 1. The first-order chi connectivity index (χ1) is 14.4. The molecule has 0 radical (unpaired) electrons. The number of nitrogens with zero attached hydrogens (tertiary/aromatic N) is 4. The minimum atomic E-state index is -4.87. The number of halogens is 3. The van der Waals surface area contributed by atoms with Crippen LogP contribution in [0.25, 0.3) is 11.4 Å². The van der Waals surface area contributed by atoms with Crippen molar-refractivity contribution >= 4 is 5.91 Å². The Hall–Kier alpha value is -3.43. The van der Waals surface area contributed by atoms with Crippen LogP contribution >= 0.6 is 0 Å². The van der Waals surface area contributed by atoms with Crippen LogP contribution in [0.1, 0.15) is 34.8 Å². The number of amides is 1. The lowest BCUT2D eigenvalue weighted by atomic mass is 10.2. The topological polar surface area (TPSA) is 81.9 Å². The van der Waals surface area contributed by atoms with Crippen LogP contribution in [0.4, 0.5) is 13.2 Å². The van der Waals surface area contributed by atoms with Crippen molar-refractivity contribution in [2.45, 2.75) is 31.7 Å². The molecule has 1 amide bonds. The zero-order valence-electron chi connectivity index (χ0n) is 15.8. The molecule has 156 valence electrons. The second kappa shape index (κ2) is 8.13. The summed E-state index contributed by atoms with van der Waals surface area (Å²) in [5.41, 5.74) is 2.21. The van der Waals surface area contributed by atoms with E-state index in [0.29, 0.717) is 23.9 Å². The molecule has 0 spiro atoms. The Balaban J connectivity index is 1.44. The number of para-hydroxylation sites is 1. The van der Waals surface area contributed by atoms with E-state index in [1.165, 1.54) is 18.2 Å². The largest absolute Gasteiger partial charge is 0.573 e. The predicted molar refractivity (Wildman–Crippen MR) is 101 cm³/mol. The van der Waals surface area contributed by atoms with Crippen molar-refractivity contribution in [3.05, 3.63) is 60.2 Å². The minimum absolute atomic E-state index is 0.182. The number of ether oxygens (including phenoxy) is 1. The summed E-state index contributed by atoms with van der Waals surface area (Å²) in [6.07, 6.45) is 2.06. The monoisotopic (exact) mass is 417 g/mol. The summed E-state index contributed by atoms with van der Waals surface area (Å²) < 4.78 is 43.4. The molecule has 3 aromatic rings. The molecule has 4 rings (SSSR count). The van der Waals surface area contributed by atoms with Gasteiger partial charge in [0.1, 0.15) is 17.1 Å². The summed E-state index contributed by atoms with van der Waals surface area (Å²) >= 11 is 0. The lowest BCUT2D eigenvalue weighted by Gasteiger charge is -2.13. The molecule has 1 saturated carbocycles. The van der Waals surface area contributed by atoms with Crippen LogP contribution in [0.15, 0.2) is 48.9 Å². The van der Waals surface area contributed by atoms with Gasteiger partial charge in [0.05, 0.1) is 18.3 Å². The fraction of sp³-hybridized carbons (Fsp3) is 0.300. The van der Waals surface area contributed by atoms with Gasteiger partial charge in [0.15, 0.2) is 0 Å². The fourth-order valence-corrected chi connectivity index (χ4v) is 3.11. The molecule has 1 aromatic carbocycles. The van der Waals surface area contributed by atoms with Crippen LogP contribution in [0.2, 0.25) is 0 Å². The molecule has 0 atom stereocenters. The third kappa shape index (κ3) is 4.76. The first-order valence-corrected chi connectivity index (χ1v) is 9.38. The summed E-state index contributed by atoms with van der Waals surface area (Å²) in [5, 5.41) is 7.20. The molecule has 10 heteroatoms. The van der Waals surface area contributed by atoms with Gasteiger partial charge in [-0.25, -0.2) is 0 Å². The number of nitrogens with one attached hydrogen (secondary N) is 1. The van der Waals surface area contributed by atoms with Gasteiger partial charge in [0.25, 0.3) is 5.91 Å². The van der Waals surface area contributed by atoms with Gasteiger partial charge in [-0.3, -0.25) is 19.4 Å². The second-order valence-electron chi connectivity index (χ2n) is 6.84. The Morgan fingerprint density at radius 2 is 2.00 bits per heavy atom. The maximum atomic E-state index is 12.6. The number of benzene rings is 1. The number of carbonyl (C=O) groups is 1. The molecule has 0 aliphatic heterocycles. The van der Waals surface area contributed by atoms with E-state index in [-0.39, 0.29) is 12.1 Å². The third-order valence-corrected chi connectivity index (χ3v) is 4.60. The van der Waals surface area contributed by atoms with Crippen LogP contribution in [-0.2, 0) is 6.54 Å². The van der Waals surface area contributed by atoms with Gasteiger partial charge in [-0.05, 0) is 31.0 Å². The Bertz CT molecular complexity index is 1030. The SMILES string of the molecule is O=C(NCCn1nc(-c2cnccn2)cc1C1CC1)c1ccccc1OC(F)(F)F. The van der Waals surface area contributed by atoms with Crippen LogP contribution in [0.5, 0.6) is 5.75 Å². The number of rotatable bonds is 7. The normalized spacial score (nSPS) is 13.8. The van der Waals surface area contributed by atoms with E-state index in [1.807, 2.05) is 6.07 Å². The van der Waals surface area contributed by atoms with Crippen molar-refractivity contribution in [3.63, 3.8) is 0 Å². The smallest absolute Gasteiger partial charge is 0.405 e. The average molecular weight is 417 g/mol. The van der Waals surface area contributed by atoms with Gasteiger partial charge in [-0.2, -0.15) is 5.10 Å². The zero-order valence-corrected chi connectivity index (χ0v) is 15.8. The first-order valence-electron chi connectivity index (χ1n) is 9.38. The van der Waals surface area contributed by atoms with E-state index in [2.05, 4.69) is 25.1 Å². The van der Waals surface area contributed by atoms with Crippen molar-refractivity contribution < 1.29 is 22.7 Å². The standard InChI is InChI=1S/C20H18F3N5O2/c21-20(22,23)30-18-4-2-1-3-14(18)19(29)26-9-10-28-17(13-5-6-13)11-15(27-28)16-12-24-7-8-25-16/h1-4,7-8,11-13H,5-6,9-10H2,(H,26,29). The van der Waals surface area contributed by atoms with E-state index < -0.39 is 18.0 Å². The molecule has 0 saturated heterocycles. The highest BCUT2D eigenvalue weighted by atomic mass is 19.4. The second-order valence-corrected chi connectivity index (χ2v) is 6.84. The number of carbonyl (C=O) groups excluding carboxylic acids is 1. The highest BCUT2D eigenvalue weighted by Gasteiger charge is 2.33.